The monoisotopic (exact) mass is 328 g/mol. The first-order valence-electron chi connectivity index (χ1n) is 8.08. The predicted octanol–water partition coefficient (Wildman–Crippen LogP) is 2.58. The summed E-state index contributed by atoms with van der Waals surface area (Å²) >= 11 is 0. The Labute approximate surface area is 140 Å². The molecule has 2 heterocycles. The van der Waals surface area contributed by atoms with E-state index in [1.54, 1.807) is 12.3 Å². The summed E-state index contributed by atoms with van der Waals surface area (Å²) in [5.74, 6) is 0.497. The Hall–Kier alpha value is -2.31. The third-order valence-electron chi connectivity index (χ3n) is 4.04. The summed E-state index contributed by atoms with van der Waals surface area (Å²) in [6, 6.07) is 8.91. The lowest BCUT2D eigenvalue weighted by Crippen LogP contribution is -2.27. The molecular formula is C18H21FN4O. The maximum Gasteiger partial charge on any atom is 0.151 e. The van der Waals surface area contributed by atoms with Crippen molar-refractivity contribution in [1.82, 2.24) is 19.4 Å². The molecule has 126 valence electrons. The van der Waals surface area contributed by atoms with Crippen LogP contribution in [0.2, 0.25) is 0 Å². The molecule has 0 aliphatic carbocycles. The van der Waals surface area contributed by atoms with Crippen molar-refractivity contribution in [2.45, 2.75) is 26.6 Å². The summed E-state index contributed by atoms with van der Waals surface area (Å²) in [7, 11) is 0. The fourth-order valence-corrected chi connectivity index (χ4v) is 2.94. The Balaban J connectivity index is 1.89. The SMILES string of the molecule is CCn1c(CN(CCO)Cc2cccnc2)nc2c(F)cccc21. The average molecular weight is 328 g/mol. The Bertz CT molecular complexity index is 803. The van der Waals surface area contributed by atoms with E-state index in [0.717, 1.165) is 23.4 Å². The third-order valence-corrected chi connectivity index (χ3v) is 4.04. The third kappa shape index (κ3) is 3.44. The molecule has 0 amide bonds. The van der Waals surface area contributed by atoms with Gasteiger partial charge in [-0.2, -0.15) is 0 Å². The predicted molar refractivity (Wildman–Crippen MR) is 90.8 cm³/mol. The summed E-state index contributed by atoms with van der Waals surface area (Å²) in [6.07, 6.45) is 3.55. The van der Waals surface area contributed by atoms with Crippen LogP contribution in [-0.4, -0.2) is 37.7 Å². The summed E-state index contributed by atoms with van der Waals surface area (Å²) in [4.78, 5) is 10.7. The van der Waals surface area contributed by atoms with E-state index in [2.05, 4.69) is 14.9 Å². The van der Waals surface area contributed by atoms with Gasteiger partial charge in [0.2, 0.25) is 0 Å². The van der Waals surface area contributed by atoms with Crippen molar-refractivity contribution in [3.05, 3.63) is 59.9 Å². The van der Waals surface area contributed by atoms with Crippen LogP contribution >= 0.6 is 0 Å². The van der Waals surface area contributed by atoms with Crippen LogP contribution in [0.15, 0.2) is 42.7 Å². The number of fused-ring (bicyclic) bond motifs is 1. The lowest BCUT2D eigenvalue weighted by molar-refractivity contribution is 0.180. The molecule has 0 bridgehead atoms. The second-order valence-corrected chi connectivity index (χ2v) is 5.68. The van der Waals surface area contributed by atoms with Crippen molar-refractivity contribution in [3.8, 4) is 0 Å². The summed E-state index contributed by atoms with van der Waals surface area (Å²) in [5, 5.41) is 9.36. The Kier molecular flexibility index (Phi) is 5.17. The lowest BCUT2D eigenvalue weighted by Gasteiger charge is -2.21. The fourth-order valence-electron chi connectivity index (χ4n) is 2.94. The van der Waals surface area contributed by atoms with Gasteiger partial charge >= 0.3 is 0 Å². The van der Waals surface area contributed by atoms with E-state index in [4.69, 9.17) is 0 Å². The van der Waals surface area contributed by atoms with Crippen molar-refractivity contribution in [2.75, 3.05) is 13.2 Å². The number of aliphatic hydroxyl groups is 1. The second kappa shape index (κ2) is 7.51. The topological polar surface area (TPSA) is 54.2 Å². The van der Waals surface area contributed by atoms with Gasteiger partial charge in [0, 0.05) is 32.0 Å². The maximum atomic E-state index is 14.0. The largest absolute Gasteiger partial charge is 0.395 e. The zero-order valence-electron chi connectivity index (χ0n) is 13.7. The van der Waals surface area contributed by atoms with Gasteiger partial charge < -0.3 is 9.67 Å². The van der Waals surface area contributed by atoms with Gasteiger partial charge in [-0.3, -0.25) is 9.88 Å². The van der Waals surface area contributed by atoms with E-state index in [-0.39, 0.29) is 12.4 Å². The first-order valence-corrected chi connectivity index (χ1v) is 8.08. The summed E-state index contributed by atoms with van der Waals surface area (Å²) in [6.45, 7) is 4.51. The molecule has 24 heavy (non-hydrogen) atoms. The Morgan fingerprint density at radius 1 is 1.21 bits per heavy atom. The molecule has 6 heteroatoms. The molecule has 0 fully saturated rings. The van der Waals surface area contributed by atoms with E-state index in [0.29, 0.717) is 25.2 Å². The highest BCUT2D eigenvalue weighted by Crippen LogP contribution is 2.20. The van der Waals surface area contributed by atoms with Crippen LogP contribution in [-0.2, 0) is 19.6 Å². The quantitative estimate of drug-likeness (QED) is 0.724. The molecule has 5 nitrogen and oxygen atoms in total. The van der Waals surface area contributed by atoms with Gasteiger partial charge in [-0.1, -0.05) is 12.1 Å². The molecule has 0 unspecified atom stereocenters. The number of halogens is 1. The number of rotatable bonds is 7. The number of pyridine rings is 1. The Morgan fingerprint density at radius 3 is 2.79 bits per heavy atom. The number of aromatic nitrogens is 3. The van der Waals surface area contributed by atoms with E-state index in [1.807, 2.05) is 35.9 Å². The number of imidazole rings is 1. The smallest absolute Gasteiger partial charge is 0.151 e. The van der Waals surface area contributed by atoms with Crippen LogP contribution in [0.25, 0.3) is 11.0 Å². The Morgan fingerprint density at radius 2 is 2.08 bits per heavy atom. The van der Waals surface area contributed by atoms with Gasteiger partial charge in [-0.05, 0) is 30.7 Å². The van der Waals surface area contributed by atoms with Crippen molar-refractivity contribution in [3.63, 3.8) is 0 Å². The molecule has 0 aliphatic rings. The van der Waals surface area contributed by atoms with Crippen molar-refractivity contribution >= 4 is 11.0 Å². The number of hydrogen-bond donors (Lipinski definition) is 1. The highest BCUT2D eigenvalue weighted by molar-refractivity contribution is 5.76. The molecule has 3 rings (SSSR count). The van der Waals surface area contributed by atoms with E-state index < -0.39 is 0 Å². The summed E-state index contributed by atoms with van der Waals surface area (Å²) < 4.78 is 16.0. The average Bonchev–Trinajstić information content (AvgIpc) is 2.94. The van der Waals surface area contributed by atoms with Crippen LogP contribution in [0.1, 0.15) is 18.3 Å². The number of hydrogen-bond acceptors (Lipinski definition) is 4. The van der Waals surface area contributed by atoms with Crippen LogP contribution in [0.5, 0.6) is 0 Å². The molecule has 0 saturated heterocycles. The van der Waals surface area contributed by atoms with E-state index in [9.17, 15) is 9.50 Å². The zero-order valence-corrected chi connectivity index (χ0v) is 13.7. The molecule has 0 atom stereocenters. The number of nitrogens with zero attached hydrogens (tertiary/aromatic N) is 4. The minimum atomic E-state index is -0.304. The maximum absolute atomic E-state index is 14.0. The van der Waals surface area contributed by atoms with Gasteiger partial charge in [0.25, 0.3) is 0 Å². The van der Waals surface area contributed by atoms with Crippen LogP contribution < -0.4 is 0 Å². The minimum Gasteiger partial charge on any atom is -0.395 e. The molecule has 1 N–H and O–H groups in total. The highest BCUT2D eigenvalue weighted by Gasteiger charge is 2.16. The lowest BCUT2D eigenvalue weighted by atomic mass is 10.2. The molecule has 0 saturated carbocycles. The fraction of sp³-hybridized carbons (Fsp3) is 0.333. The minimum absolute atomic E-state index is 0.0565. The number of aryl methyl sites for hydroxylation is 1. The number of benzene rings is 1. The van der Waals surface area contributed by atoms with Gasteiger partial charge in [-0.15, -0.1) is 0 Å². The van der Waals surface area contributed by atoms with Crippen LogP contribution in [0, 0.1) is 5.82 Å². The van der Waals surface area contributed by atoms with Gasteiger partial charge in [0.1, 0.15) is 11.3 Å². The summed E-state index contributed by atoms with van der Waals surface area (Å²) in [5.41, 5.74) is 2.27. The number of aliphatic hydroxyl groups excluding tert-OH is 1. The second-order valence-electron chi connectivity index (χ2n) is 5.68. The van der Waals surface area contributed by atoms with E-state index in [1.165, 1.54) is 6.07 Å². The number of para-hydroxylation sites is 1. The molecule has 0 spiro atoms. The first-order chi connectivity index (χ1) is 11.7. The zero-order chi connectivity index (χ0) is 16.9. The standard InChI is InChI=1S/C18H21FN4O/c1-2-23-16-7-3-6-15(19)18(16)21-17(23)13-22(9-10-24)12-14-5-4-8-20-11-14/h3-8,11,24H,2,9-10,12-13H2,1H3. The highest BCUT2D eigenvalue weighted by atomic mass is 19.1. The molecule has 0 radical (unpaired) electrons. The van der Waals surface area contributed by atoms with E-state index >= 15 is 0 Å². The van der Waals surface area contributed by atoms with Crippen LogP contribution in [0.3, 0.4) is 0 Å². The van der Waals surface area contributed by atoms with Gasteiger partial charge in [0.05, 0.1) is 18.7 Å². The van der Waals surface area contributed by atoms with Gasteiger partial charge in [-0.25, -0.2) is 9.37 Å². The first kappa shape index (κ1) is 16.5. The molecule has 2 aromatic heterocycles. The van der Waals surface area contributed by atoms with Gasteiger partial charge in [0.15, 0.2) is 5.82 Å². The molecule has 1 aromatic carbocycles. The normalized spacial score (nSPS) is 11.5. The van der Waals surface area contributed by atoms with Crippen molar-refractivity contribution in [2.24, 2.45) is 0 Å². The van der Waals surface area contributed by atoms with Crippen molar-refractivity contribution < 1.29 is 9.50 Å². The molecular weight excluding hydrogens is 307 g/mol. The van der Waals surface area contributed by atoms with Crippen molar-refractivity contribution in [1.29, 1.82) is 0 Å². The molecule has 3 aromatic rings. The van der Waals surface area contributed by atoms with Crippen LogP contribution in [0.4, 0.5) is 4.39 Å². The molecule has 0 aliphatic heterocycles.